The van der Waals surface area contributed by atoms with Crippen molar-refractivity contribution in [2.45, 2.75) is 6.92 Å². The van der Waals surface area contributed by atoms with E-state index in [0.29, 0.717) is 60.0 Å². The minimum atomic E-state index is -3.60. The molecule has 0 N–H and O–H groups in total. The van der Waals surface area contributed by atoms with E-state index in [-0.39, 0.29) is 11.6 Å². The molecule has 2 heterocycles. The third kappa shape index (κ3) is 4.47. The molecule has 0 aromatic heterocycles. The van der Waals surface area contributed by atoms with E-state index in [2.05, 4.69) is 4.90 Å². The molecule has 0 saturated carbocycles. The van der Waals surface area contributed by atoms with E-state index in [4.69, 9.17) is 0 Å². The van der Waals surface area contributed by atoms with Crippen LogP contribution in [0.1, 0.15) is 5.56 Å². The highest BCUT2D eigenvalue weighted by atomic mass is 31.2. The summed E-state index contributed by atoms with van der Waals surface area (Å²) in [6, 6.07) is 47.3. The Bertz CT molecular complexity index is 2430. The summed E-state index contributed by atoms with van der Waals surface area (Å²) < 4.78 is 61.4. The highest BCUT2D eigenvalue weighted by Gasteiger charge is 2.50. The largest absolute Gasteiger partial charge is 0.308 e. The SMILES string of the molecule is Cc1cc2c3c(c1)P(=O)(c1ccccc1)c1cc(-c4cccc(F)c4)ccc1N3c1ccc(-c3cccc(F)c3)cc1P2(=O)c1ccccc1. The molecule has 0 fully saturated rings. The molecule has 0 saturated heterocycles. The van der Waals surface area contributed by atoms with E-state index < -0.39 is 14.3 Å². The van der Waals surface area contributed by atoms with Gasteiger partial charge < -0.3 is 14.0 Å². The smallest absolute Gasteiger partial charge is 0.175 e. The molecule has 3 nitrogen and oxygen atoms in total. The van der Waals surface area contributed by atoms with Gasteiger partial charge in [-0.25, -0.2) is 8.78 Å². The third-order valence-corrected chi connectivity index (χ3v) is 15.9. The van der Waals surface area contributed by atoms with Crippen molar-refractivity contribution >= 4 is 63.2 Å². The zero-order valence-electron chi connectivity index (χ0n) is 26.9. The summed E-state index contributed by atoms with van der Waals surface area (Å²) in [5.41, 5.74) is 5.73. The van der Waals surface area contributed by atoms with Crippen LogP contribution in [-0.2, 0) is 9.13 Å². The van der Waals surface area contributed by atoms with Crippen molar-refractivity contribution in [3.8, 4) is 22.3 Å². The van der Waals surface area contributed by atoms with E-state index in [1.165, 1.54) is 24.3 Å². The van der Waals surface area contributed by atoms with Crippen LogP contribution in [0.4, 0.5) is 25.8 Å². The maximum absolute atomic E-state index is 16.2. The predicted molar refractivity (Wildman–Crippen MR) is 203 cm³/mol. The highest BCUT2D eigenvalue weighted by Crippen LogP contribution is 2.61. The van der Waals surface area contributed by atoms with Gasteiger partial charge in [0.2, 0.25) is 0 Å². The summed E-state index contributed by atoms with van der Waals surface area (Å²) in [5.74, 6) is -0.708. The maximum Gasteiger partial charge on any atom is 0.175 e. The topological polar surface area (TPSA) is 37.4 Å². The molecule has 2 unspecified atom stereocenters. The number of benzene rings is 7. The van der Waals surface area contributed by atoms with Crippen LogP contribution in [0.25, 0.3) is 22.3 Å². The zero-order valence-corrected chi connectivity index (χ0v) is 28.7. The Labute approximate surface area is 289 Å². The fourth-order valence-electron chi connectivity index (χ4n) is 7.54. The number of hydrogen-bond acceptors (Lipinski definition) is 3. The van der Waals surface area contributed by atoms with Crippen LogP contribution in [0, 0.1) is 18.6 Å². The van der Waals surface area contributed by atoms with Crippen LogP contribution in [0.5, 0.6) is 0 Å². The second-order valence-electron chi connectivity index (χ2n) is 12.8. The van der Waals surface area contributed by atoms with Crippen LogP contribution >= 0.6 is 14.3 Å². The first-order chi connectivity index (χ1) is 24.3. The molecule has 0 bridgehead atoms. The molecule has 9 rings (SSSR count). The fourth-order valence-corrected chi connectivity index (χ4v) is 13.9. The lowest BCUT2D eigenvalue weighted by Gasteiger charge is -2.44. The number of nitrogens with zero attached hydrogens (tertiary/aromatic N) is 1. The normalized spacial score (nSPS) is 18.6. The summed E-state index contributed by atoms with van der Waals surface area (Å²) in [6.45, 7) is 1.95. The number of hydrogen-bond donors (Lipinski definition) is 0. The Morgan fingerprint density at radius 2 is 0.860 bits per heavy atom. The van der Waals surface area contributed by atoms with Gasteiger partial charge in [0.25, 0.3) is 0 Å². The first kappa shape index (κ1) is 30.7. The molecule has 7 aromatic rings. The molecule has 0 radical (unpaired) electrons. The van der Waals surface area contributed by atoms with E-state index in [1.807, 2.05) is 128 Å². The van der Waals surface area contributed by atoms with Gasteiger partial charge in [-0.05, 0) is 95.4 Å². The quantitative estimate of drug-likeness (QED) is 0.173. The molecule has 2 aliphatic rings. The monoisotopic (exact) mass is 691 g/mol. The Morgan fingerprint density at radius 1 is 0.440 bits per heavy atom. The van der Waals surface area contributed by atoms with Crippen molar-refractivity contribution < 1.29 is 17.9 Å². The maximum atomic E-state index is 16.2. The van der Waals surface area contributed by atoms with Gasteiger partial charge in [0.15, 0.2) is 14.3 Å². The van der Waals surface area contributed by atoms with Crippen LogP contribution in [0.2, 0.25) is 0 Å². The summed E-state index contributed by atoms with van der Waals surface area (Å²) in [7, 11) is -7.19. The van der Waals surface area contributed by atoms with Crippen molar-refractivity contribution in [1.29, 1.82) is 0 Å². The first-order valence-electron chi connectivity index (χ1n) is 16.4. The van der Waals surface area contributed by atoms with Crippen LogP contribution in [0.3, 0.4) is 0 Å². The van der Waals surface area contributed by atoms with Gasteiger partial charge in [0.1, 0.15) is 11.6 Å². The number of fused-ring (bicyclic) bond motifs is 4. The molecule has 2 aliphatic heterocycles. The van der Waals surface area contributed by atoms with E-state index in [1.54, 1.807) is 12.1 Å². The van der Waals surface area contributed by atoms with Crippen molar-refractivity contribution in [2.75, 3.05) is 4.90 Å². The molecule has 242 valence electrons. The second kappa shape index (κ2) is 11.4. The molecule has 7 aromatic carbocycles. The average Bonchev–Trinajstić information content (AvgIpc) is 3.15. The van der Waals surface area contributed by atoms with E-state index in [9.17, 15) is 8.78 Å². The highest BCUT2D eigenvalue weighted by molar-refractivity contribution is 7.88. The lowest BCUT2D eigenvalue weighted by atomic mass is 10.0. The van der Waals surface area contributed by atoms with Crippen LogP contribution in [0.15, 0.2) is 158 Å². The van der Waals surface area contributed by atoms with E-state index >= 15 is 9.13 Å². The van der Waals surface area contributed by atoms with Gasteiger partial charge in [0.05, 0.1) is 17.1 Å². The number of halogens is 2. The molecule has 0 aliphatic carbocycles. The minimum absolute atomic E-state index is 0.354. The number of anilines is 3. The fraction of sp³-hybridized carbons (Fsp3) is 0.0233. The van der Waals surface area contributed by atoms with Crippen molar-refractivity contribution in [3.05, 3.63) is 175 Å². The molecule has 0 amide bonds. The Balaban J connectivity index is 1.41. The van der Waals surface area contributed by atoms with Gasteiger partial charge in [-0.2, -0.15) is 0 Å². The standard InChI is InChI=1S/C43H29F2NO2P2/c1-28-22-41-43-42(23-28)50(48,36-16-6-3-7-17-36)40-27-32(30-11-9-13-34(45)25-30)19-21-38(40)46(43)37-20-18-31(29-10-8-12-33(44)24-29)26-39(37)49(41,47)35-14-4-2-5-15-35/h2-27H,1H3. The van der Waals surface area contributed by atoms with Crippen LogP contribution < -0.4 is 36.7 Å². The second-order valence-corrected chi connectivity index (χ2v) is 18.2. The molecule has 7 heteroatoms. The van der Waals surface area contributed by atoms with Gasteiger partial charge in [0, 0.05) is 31.8 Å². The average molecular weight is 692 g/mol. The predicted octanol–water partition coefficient (Wildman–Crippen LogP) is 8.98. The number of rotatable bonds is 4. The molecule has 2 atom stereocenters. The third-order valence-electron chi connectivity index (χ3n) is 9.78. The summed E-state index contributed by atoms with van der Waals surface area (Å²) in [6.07, 6.45) is 0. The molecular weight excluding hydrogens is 662 g/mol. The van der Waals surface area contributed by atoms with Crippen molar-refractivity contribution in [3.63, 3.8) is 0 Å². The Morgan fingerprint density at radius 3 is 1.28 bits per heavy atom. The molecular formula is C43H29F2NO2P2. The van der Waals surface area contributed by atoms with Crippen molar-refractivity contribution in [1.82, 2.24) is 0 Å². The molecule has 0 spiro atoms. The van der Waals surface area contributed by atoms with E-state index in [0.717, 1.165) is 16.7 Å². The molecule has 50 heavy (non-hydrogen) atoms. The summed E-state index contributed by atoms with van der Waals surface area (Å²) in [5, 5.41) is 3.77. The summed E-state index contributed by atoms with van der Waals surface area (Å²) >= 11 is 0. The summed E-state index contributed by atoms with van der Waals surface area (Å²) in [4.78, 5) is 2.09. The number of aryl methyl sites for hydroxylation is 1. The Kier molecular flexibility index (Phi) is 6.97. The van der Waals surface area contributed by atoms with Gasteiger partial charge >= 0.3 is 0 Å². The first-order valence-corrected chi connectivity index (χ1v) is 19.8. The Hall–Kier alpha value is -5.34. The van der Waals surface area contributed by atoms with Gasteiger partial charge in [-0.3, -0.25) is 0 Å². The zero-order chi connectivity index (χ0) is 34.2. The van der Waals surface area contributed by atoms with Crippen LogP contribution in [-0.4, -0.2) is 0 Å². The minimum Gasteiger partial charge on any atom is -0.308 e. The lowest BCUT2D eigenvalue weighted by Crippen LogP contribution is -2.46. The lowest BCUT2D eigenvalue weighted by molar-refractivity contribution is 0.592. The van der Waals surface area contributed by atoms with Gasteiger partial charge in [-0.15, -0.1) is 0 Å². The van der Waals surface area contributed by atoms with Crippen molar-refractivity contribution in [2.24, 2.45) is 0 Å². The van der Waals surface area contributed by atoms with Gasteiger partial charge in [-0.1, -0.05) is 97.1 Å².